The fourth-order valence-corrected chi connectivity index (χ4v) is 2.64. The molecule has 7 nitrogen and oxygen atoms in total. The van der Waals surface area contributed by atoms with Gasteiger partial charge in [0.2, 0.25) is 0 Å². The molecule has 4 rings (SSSR count). The number of nitrogens with zero attached hydrogens (tertiary/aromatic N) is 7. The molecule has 0 N–H and O–H groups in total. The van der Waals surface area contributed by atoms with Crippen molar-refractivity contribution in [2.24, 2.45) is 0 Å². The molecule has 0 atom stereocenters. The highest BCUT2D eigenvalue weighted by Gasteiger charge is 2.16. The smallest absolute Gasteiger partial charge is 0.183 e. The first-order valence-corrected chi connectivity index (χ1v) is 6.89. The van der Waals surface area contributed by atoms with Crippen molar-refractivity contribution in [3.05, 3.63) is 36.4 Å². The number of aromatic nitrogens is 5. The molecule has 21 heavy (non-hydrogen) atoms. The van der Waals surface area contributed by atoms with Crippen LogP contribution in [0.5, 0.6) is 0 Å². The zero-order valence-electron chi connectivity index (χ0n) is 11.3. The Kier molecular flexibility index (Phi) is 2.60. The molecule has 0 bridgehead atoms. The molecule has 0 saturated carbocycles. The first-order valence-electron chi connectivity index (χ1n) is 6.89. The second kappa shape index (κ2) is 4.59. The fourth-order valence-electron chi connectivity index (χ4n) is 2.64. The van der Waals surface area contributed by atoms with Gasteiger partial charge in [-0.05, 0) is 18.9 Å². The summed E-state index contributed by atoms with van der Waals surface area (Å²) in [7, 11) is 0. The van der Waals surface area contributed by atoms with Gasteiger partial charge in [-0.3, -0.25) is 0 Å². The van der Waals surface area contributed by atoms with Gasteiger partial charge in [0, 0.05) is 25.5 Å². The van der Waals surface area contributed by atoms with Gasteiger partial charge in [-0.25, -0.2) is 14.2 Å². The molecule has 1 fully saturated rings. The van der Waals surface area contributed by atoms with Gasteiger partial charge >= 0.3 is 0 Å². The molecule has 7 heteroatoms. The maximum absolute atomic E-state index is 8.90. The van der Waals surface area contributed by atoms with Crippen LogP contribution in [0.1, 0.15) is 18.4 Å². The van der Waals surface area contributed by atoms with E-state index in [9.17, 15) is 0 Å². The molecule has 1 aliphatic rings. The third-order valence-electron chi connectivity index (χ3n) is 3.72. The lowest BCUT2D eigenvalue weighted by atomic mass is 10.4. The van der Waals surface area contributed by atoms with Gasteiger partial charge in [0.05, 0.1) is 18.0 Å². The fraction of sp³-hybridized carbons (Fsp3) is 0.286. The van der Waals surface area contributed by atoms with E-state index in [1.807, 2.05) is 12.3 Å². The summed E-state index contributed by atoms with van der Waals surface area (Å²) in [6, 6.07) is 4.06. The van der Waals surface area contributed by atoms with E-state index in [0.717, 1.165) is 30.2 Å². The van der Waals surface area contributed by atoms with Crippen LogP contribution < -0.4 is 4.90 Å². The van der Waals surface area contributed by atoms with E-state index < -0.39 is 0 Å². The lowest BCUT2D eigenvalue weighted by molar-refractivity contribution is 0.878. The van der Waals surface area contributed by atoms with Crippen LogP contribution in [0.4, 0.5) is 5.82 Å². The van der Waals surface area contributed by atoms with Crippen molar-refractivity contribution < 1.29 is 0 Å². The summed E-state index contributed by atoms with van der Waals surface area (Å²) in [5.41, 5.74) is 2.04. The summed E-state index contributed by atoms with van der Waals surface area (Å²) >= 11 is 0. The molecule has 0 radical (unpaired) electrons. The topological polar surface area (TPSA) is 75.0 Å². The van der Waals surface area contributed by atoms with E-state index >= 15 is 0 Å². The first kappa shape index (κ1) is 11.9. The summed E-state index contributed by atoms with van der Waals surface area (Å²) in [5.74, 6) is 0.967. The zero-order valence-corrected chi connectivity index (χ0v) is 11.3. The van der Waals surface area contributed by atoms with E-state index in [1.54, 1.807) is 21.6 Å². The van der Waals surface area contributed by atoms with E-state index in [4.69, 9.17) is 10.2 Å². The Bertz CT molecular complexity index is 832. The molecule has 0 amide bonds. The number of rotatable bonds is 2. The van der Waals surface area contributed by atoms with Gasteiger partial charge in [0.15, 0.2) is 5.65 Å². The van der Waals surface area contributed by atoms with Crippen molar-refractivity contribution in [2.75, 3.05) is 18.0 Å². The van der Waals surface area contributed by atoms with E-state index in [0.29, 0.717) is 5.56 Å². The highest BCUT2D eigenvalue weighted by atomic mass is 15.3. The first-order chi connectivity index (χ1) is 10.3. The quantitative estimate of drug-likeness (QED) is 0.708. The average Bonchev–Trinajstić information content (AvgIpc) is 3.25. The van der Waals surface area contributed by atoms with Crippen molar-refractivity contribution in [1.29, 1.82) is 5.26 Å². The highest BCUT2D eigenvalue weighted by Crippen LogP contribution is 2.21. The Hall–Kier alpha value is -2.88. The summed E-state index contributed by atoms with van der Waals surface area (Å²) in [5, 5.41) is 17.4. The second-order valence-corrected chi connectivity index (χ2v) is 5.06. The van der Waals surface area contributed by atoms with Crippen LogP contribution in [-0.4, -0.2) is 37.5 Å². The predicted octanol–water partition coefficient (Wildman–Crippen LogP) is 1.39. The Labute approximate surface area is 121 Å². The summed E-state index contributed by atoms with van der Waals surface area (Å²) < 4.78 is 3.37. The molecule has 4 heterocycles. The molecular formula is C14H13N7. The van der Waals surface area contributed by atoms with Crippen molar-refractivity contribution >= 4 is 11.5 Å². The number of hydrogen-bond acceptors (Lipinski definition) is 5. The molecule has 0 spiro atoms. The highest BCUT2D eigenvalue weighted by molar-refractivity contribution is 5.61. The predicted molar refractivity (Wildman–Crippen MR) is 76.3 cm³/mol. The lowest BCUT2D eigenvalue weighted by Crippen LogP contribution is -2.19. The van der Waals surface area contributed by atoms with Gasteiger partial charge < -0.3 is 4.90 Å². The molecule has 3 aromatic rings. The Morgan fingerprint density at radius 2 is 2.00 bits per heavy atom. The largest absolute Gasteiger partial charge is 0.356 e. The number of fused-ring (bicyclic) bond motifs is 1. The van der Waals surface area contributed by atoms with Crippen molar-refractivity contribution in [2.45, 2.75) is 12.8 Å². The van der Waals surface area contributed by atoms with Gasteiger partial charge in [-0.15, -0.1) is 0 Å². The molecule has 1 saturated heterocycles. The minimum absolute atomic E-state index is 0.519. The normalized spacial score (nSPS) is 14.7. The van der Waals surface area contributed by atoms with E-state index in [1.165, 1.54) is 19.0 Å². The van der Waals surface area contributed by atoms with Crippen LogP contribution >= 0.6 is 0 Å². The maximum atomic E-state index is 8.90. The van der Waals surface area contributed by atoms with Crippen LogP contribution in [0.25, 0.3) is 11.3 Å². The minimum atomic E-state index is 0.519. The summed E-state index contributed by atoms with van der Waals surface area (Å²) in [6.07, 6.45) is 9.26. The molecule has 0 aliphatic carbocycles. The lowest BCUT2D eigenvalue weighted by Gasteiger charge is -2.16. The number of nitriles is 1. The van der Waals surface area contributed by atoms with Gasteiger partial charge in [0.1, 0.15) is 17.6 Å². The van der Waals surface area contributed by atoms with E-state index in [2.05, 4.69) is 21.2 Å². The van der Waals surface area contributed by atoms with Crippen LogP contribution in [0.15, 0.2) is 30.9 Å². The van der Waals surface area contributed by atoms with E-state index in [-0.39, 0.29) is 0 Å². The summed E-state index contributed by atoms with van der Waals surface area (Å²) in [4.78, 5) is 6.99. The second-order valence-electron chi connectivity index (χ2n) is 5.06. The molecule has 0 unspecified atom stereocenters. The van der Waals surface area contributed by atoms with Gasteiger partial charge in [0.25, 0.3) is 0 Å². The van der Waals surface area contributed by atoms with Gasteiger partial charge in [-0.1, -0.05) is 0 Å². The molecule has 104 valence electrons. The number of anilines is 1. The standard InChI is InChI=1S/C14H13N7/c15-7-11-8-16-21(10-11)12-9-17-20-6-3-13(18-14(12)20)19-4-1-2-5-19/h3,6,8-10H,1-2,4-5H2. The minimum Gasteiger partial charge on any atom is -0.356 e. The average molecular weight is 279 g/mol. The molecule has 3 aromatic heterocycles. The maximum Gasteiger partial charge on any atom is 0.183 e. The molecule has 1 aliphatic heterocycles. The summed E-state index contributed by atoms with van der Waals surface area (Å²) in [6.45, 7) is 2.10. The number of hydrogen-bond donors (Lipinski definition) is 0. The SMILES string of the molecule is N#Cc1cnn(-c2cnn3ccc(N4CCCC4)nc23)c1. The monoisotopic (exact) mass is 279 g/mol. The van der Waals surface area contributed by atoms with Crippen LogP contribution in [0.3, 0.4) is 0 Å². The Balaban J connectivity index is 1.82. The Morgan fingerprint density at radius 3 is 2.76 bits per heavy atom. The third kappa shape index (κ3) is 1.92. The van der Waals surface area contributed by atoms with Crippen LogP contribution in [0, 0.1) is 11.3 Å². The van der Waals surface area contributed by atoms with Crippen molar-refractivity contribution in [3.63, 3.8) is 0 Å². The van der Waals surface area contributed by atoms with Crippen molar-refractivity contribution in [3.8, 4) is 11.8 Å². The Morgan fingerprint density at radius 1 is 1.14 bits per heavy atom. The van der Waals surface area contributed by atoms with Crippen LogP contribution in [0.2, 0.25) is 0 Å². The van der Waals surface area contributed by atoms with Gasteiger partial charge in [-0.2, -0.15) is 15.5 Å². The third-order valence-corrected chi connectivity index (χ3v) is 3.72. The zero-order chi connectivity index (χ0) is 14.2. The molecule has 0 aromatic carbocycles. The van der Waals surface area contributed by atoms with Crippen molar-refractivity contribution in [1.82, 2.24) is 24.4 Å². The molecular weight excluding hydrogens is 266 g/mol. The van der Waals surface area contributed by atoms with Crippen LogP contribution in [-0.2, 0) is 0 Å².